The van der Waals surface area contributed by atoms with Gasteiger partial charge in [-0.2, -0.15) is 0 Å². The van der Waals surface area contributed by atoms with E-state index < -0.39 is 6.09 Å². The second-order valence-electron chi connectivity index (χ2n) is 6.20. The van der Waals surface area contributed by atoms with Crippen molar-refractivity contribution in [2.75, 3.05) is 19.7 Å². The number of ether oxygens (including phenoxy) is 2. The van der Waals surface area contributed by atoms with Gasteiger partial charge in [0.1, 0.15) is 5.75 Å². The molecule has 2 heterocycles. The van der Waals surface area contributed by atoms with Crippen molar-refractivity contribution in [1.82, 2.24) is 9.80 Å². The molecule has 0 aromatic heterocycles. The number of nitrogens with zero attached hydrogens (tertiary/aromatic N) is 2. The molecule has 0 bridgehead atoms. The van der Waals surface area contributed by atoms with Gasteiger partial charge in [-0.05, 0) is 44.5 Å². The average molecular weight is 332 g/mol. The van der Waals surface area contributed by atoms with Crippen LogP contribution in [0.1, 0.15) is 30.6 Å². The molecule has 2 aliphatic rings. The van der Waals surface area contributed by atoms with E-state index >= 15 is 0 Å². The molecule has 1 aromatic rings. The Kier molecular flexibility index (Phi) is 4.42. The van der Waals surface area contributed by atoms with Gasteiger partial charge < -0.3 is 14.4 Å². The van der Waals surface area contributed by atoms with E-state index in [9.17, 15) is 14.4 Å². The molecule has 128 valence electrons. The normalized spacial score (nSPS) is 20.7. The third-order valence-electron chi connectivity index (χ3n) is 4.07. The summed E-state index contributed by atoms with van der Waals surface area (Å²) in [6.45, 7) is 4.51. The highest BCUT2D eigenvalue weighted by molar-refractivity contribution is 5.98. The summed E-state index contributed by atoms with van der Waals surface area (Å²) in [6, 6.07) is 6.68. The maximum Gasteiger partial charge on any atom is 0.417 e. The van der Waals surface area contributed by atoms with Gasteiger partial charge in [-0.3, -0.25) is 9.59 Å². The number of benzene rings is 1. The lowest BCUT2D eigenvalue weighted by molar-refractivity contribution is -0.127. The van der Waals surface area contributed by atoms with Gasteiger partial charge in [0.15, 0.2) is 6.61 Å². The number of hydrogen-bond acceptors (Lipinski definition) is 5. The molecular weight excluding hydrogens is 312 g/mol. The summed E-state index contributed by atoms with van der Waals surface area (Å²) >= 11 is 0. The van der Waals surface area contributed by atoms with Crippen molar-refractivity contribution in [2.45, 2.75) is 32.4 Å². The minimum Gasteiger partial charge on any atom is -0.491 e. The van der Waals surface area contributed by atoms with E-state index in [1.165, 1.54) is 0 Å². The highest BCUT2D eigenvalue weighted by Crippen LogP contribution is 2.22. The topological polar surface area (TPSA) is 76.2 Å². The summed E-state index contributed by atoms with van der Waals surface area (Å²) in [5.74, 6) is 0.259. The van der Waals surface area contributed by atoms with Crippen molar-refractivity contribution >= 4 is 17.9 Å². The third kappa shape index (κ3) is 3.20. The van der Waals surface area contributed by atoms with Crippen molar-refractivity contribution in [3.05, 3.63) is 29.8 Å². The van der Waals surface area contributed by atoms with Crippen molar-refractivity contribution in [3.8, 4) is 5.75 Å². The smallest absolute Gasteiger partial charge is 0.417 e. The lowest BCUT2D eigenvalue weighted by atomic mass is 10.2. The fourth-order valence-corrected chi connectivity index (χ4v) is 2.98. The van der Waals surface area contributed by atoms with Crippen LogP contribution in [0.3, 0.4) is 0 Å². The minimum atomic E-state index is -0.616. The zero-order valence-corrected chi connectivity index (χ0v) is 13.7. The van der Waals surface area contributed by atoms with Gasteiger partial charge in [-0.1, -0.05) is 0 Å². The van der Waals surface area contributed by atoms with E-state index in [1.54, 1.807) is 29.2 Å². The van der Waals surface area contributed by atoms with Crippen LogP contribution in [0.15, 0.2) is 24.3 Å². The highest BCUT2D eigenvalue weighted by Gasteiger charge is 2.41. The van der Waals surface area contributed by atoms with E-state index in [4.69, 9.17) is 9.47 Å². The first-order chi connectivity index (χ1) is 11.5. The lowest BCUT2D eigenvalue weighted by Crippen LogP contribution is -2.42. The summed E-state index contributed by atoms with van der Waals surface area (Å²) in [4.78, 5) is 38.7. The molecule has 24 heavy (non-hydrogen) atoms. The first-order valence-corrected chi connectivity index (χ1v) is 8.00. The fourth-order valence-electron chi connectivity index (χ4n) is 2.98. The maximum absolute atomic E-state index is 12.6. The zero-order chi connectivity index (χ0) is 17.3. The molecule has 1 atom stereocenters. The van der Waals surface area contributed by atoms with E-state index in [2.05, 4.69) is 0 Å². The van der Waals surface area contributed by atoms with Gasteiger partial charge in [0, 0.05) is 18.7 Å². The summed E-state index contributed by atoms with van der Waals surface area (Å²) in [6.07, 6.45) is 0.0272. The molecule has 2 fully saturated rings. The standard InChI is InChI=1S/C17H20N2O5/c1-11(2)24-14-5-3-12(4-6-14)16(21)18-8-7-13(9-18)19-15(20)10-23-17(19)22/h3-6,11,13H,7-10H2,1-2H3. The SMILES string of the molecule is CC(C)Oc1ccc(C(=O)N2CCC(N3C(=O)COC3=O)C2)cc1. The monoisotopic (exact) mass is 332 g/mol. The molecule has 1 aromatic carbocycles. The van der Waals surface area contributed by atoms with Crippen molar-refractivity contribution in [2.24, 2.45) is 0 Å². The number of cyclic esters (lactones) is 1. The summed E-state index contributed by atoms with van der Waals surface area (Å²) < 4.78 is 10.3. The van der Waals surface area contributed by atoms with Crippen LogP contribution < -0.4 is 4.74 Å². The Bertz CT molecular complexity index is 639. The maximum atomic E-state index is 12.6. The Morgan fingerprint density at radius 3 is 2.54 bits per heavy atom. The molecule has 7 heteroatoms. The Balaban J connectivity index is 1.64. The van der Waals surface area contributed by atoms with Gasteiger partial charge in [0.2, 0.25) is 0 Å². The number of rotatable bonds is 4. The number of carbonyl (C=O) groups excluding carboxylic acids is 3. The number of likely N-dealkylation sites (tertiary alicyclic amines) is 1. The van der Waals surface area contributed by atoms with Crippen LogP contribution >= 0.6 is 0 Å². The lowest BCUT2D eigenvalue weighted by Gasteiger charge is -2.20. The number of amides is 3. The predicted molar refractivity (Wildman–Crippen MR) is 84.7 cm³/mol. The molecular formula is C17H20N2O5. The first-order valence-electron chi connectivity index (χ1n) is 8.00. The summed E-state index contributed by atoms with van der Waals surface area (Å²) in [5.41, 5.74) is 0.557. The number of hydrogen-bond donors (Lipinski definition) is 0. The molecule has 1 unspecified atom stereocenters. The van der Waals surface area contributed by atoms with Crippen LogP contribution in [0, 0.1) is 0 Å². The van der Waals surface area contributed by atoms with Gasteiger partial charge >= 0.3 is 6.09 Å². The van der Waals surface area contributed by atoms with Gasteiger partial charge in [-0.25, -0.2) is 9.69 Å². The molecule has 0 N–H and O–H groups in total. The second kappa shape index (κ2) is 6.51. The molecule has 7 nitrogen and oxygen atoms in total. The Labute approximate surface area is 140 Å². The van der Waals surface area contributed by atoms with Crippen LogP contribution in [-0.2, 0) is 9.53 Å². The largest absolute Gasteiger partial charge is 0.491 e. The molecule has 2 saturated heterocycles. The van der Waals surface area contributed by atoms with Crippen LogP contribution in [0.2, 0.25) is 0 Å². The number of carbonyl (C=O) groups is 3. The summed E-state index contributed by atoms with van der Waals surface area (Å²) in [5, 5.41) is 0. The molecule has 0 aliphatic carbocycles. The highest BCUT2D eigenvalue weighted by atomic mass is 16.6. The van der Waals surface area contributed by atoms with Crippen molar-refractivity contribution in [3.63, 3.8) is 0 Å². The van der Waals surface area contributed by atoms with Gasteiger partial charge in [-0.15, -0.1) is 0 Å². The molecule has 0 saturated carbocycles. The molecule has 3 amide bonds. The molecule has 0 radical (unpaired) electrons. The minimum absolute atomic E-state index is 0.0728. The Morgan fingerprint density at radius 2 is 1.96 bits per heavy atom. The van der Waals surface area contributed by atoms with Crippen LogP contribution in [0.4, 0.5) is 4.79 Å². The van der Waals surface area contributed by atoms with Crippen molar-refractivity contribution in [1.29, 1.82) is 0 Å². The molecule has 3 rings (SSSR count). The van der Waals surface area contributed by atoms with Crippen molar-refractivity contribution < 1.29 is 23.9 Å². The van der Waals surface area contributed by atoms with E-state index in [0.29, 0.717) is 30.8 Å². The van der Waals surface area contributed by atoms with Gasteiger partial charge in [0.05, 0.1) is 12.1 Å². The second-order valence-corrected chi connectivity index (χ2v) is 6.20. The van der Waals surface area contributed by atoms with E-state index in [-0.39, 0.29) is 30.6 Å². The molecule has 0 spiro atoms. The van der Waals surface area contributed by atoms with E-state index in [0.717, 1.165) is 4.90 Å². The van der Waals surface area contributed by atoms with Gasteiger partial charge in [0.25, 0.3) is 11.8 Å². The van der Waals surface area contributed by atoms with E-state index in [1.807, 2.05) is 13.8 Å². The Morgan fingerprint density at radius 1 is 1.25 bits per heavy atom. The summed E-state index contributed by atoms with van der Waals surface area (Å²) in [7, 11) is 0. The van der Waals surface area contributed by atoms with Crippen LogP contribution in [-0.4, -0.2) is 59.5 Å². The fraction of sp³-hybridized carbons (Fsp3) is 0.471. The zero-order valence-electron chi connectivity index (χ0n) is 13.7. The predicted octanol–water partition coefficient (Wildman–Crippen LogP) is 1.67. The third-order valence-corrected chi connectivity index (χ3v) is 4.07. The quantitative estimate of drug-likeness (QED) is 0.838. The Hall–Kier alpha value is -2.57. The number of imide groups is 1. The molecule has 2 aliphatic heterocycles. The first kappa shape index (κ1) is 16.3. The average Bonchev–Trinajstić information content (AvgIpc) is 3.13. The van der Waals surface area contributed by atoms with Crippen LogP contribution in [0.25, 0.3) is 0 Å². The van der Waals surface area contributed by atoms with Crippen LogP contribution in [0.5, 0.6) is 5.75 Å².